The van der Waals surface area contributed by atoms with Crippen molar-refractivity contribution in [2.24, 2.45) is 0 Å². The first-order chi connectivity index (χ1) is 10.1. The number of benzene rings is 1. The van der Waals surface area contributed by atoms with E-state index in [2.05, 4.69) is 41.2 Å². The van der Waals surface area contributed by atoms with Gasteiger partial charge in [0.05, 0.1) is 0 Å². The summed E-state index contributed by atoms with van der Waals surface area (Å²) >= 11 is 0.822. The third-order valence-electron chi connectivity index (χ3n) is 3.55. The first kappa shape index (κ1) is 16.4. The van der Waals surface area contributed by atoms with Crippen LogP contribution in [0.4, 0.5) is 0 Å². The van der Waals surface area contributed by atoms with Crippen LogP contribution in [0.1, 0.15) is 24.3 Å². The number of aromatic nitrogens is 1. The normalized spacial score (nSPS) is 11.0. The topological polar surface area (TPSA) is 45.2 Å². The number of fused-ring (bicyclic) bond motifs is 1. The maximum absolute atomic E-state index is 12.1. The number of likely N-dealkylation sites (N-methyl/N-ethyl adjacent to an activating group) is 1. The second-order valence-electron chi connectivity index (χ2n) is 4.93. The Labute approximate surface area is 141 Å². The zero-order valence-corrected chi connectivity index (χ0v) is 17.1. The van der Waals surface area contributed by atoms with E-state index in [0.29, 0.717) is 12.2 Å². The standard InChI is InChI=1S/C16H20N3O.Tl/c1-3-19(4-2)12-11-17-16(20)15-10-9-13-7-5-6-8-14(13)18-15;/h6-10H,3-4,11-12H2,1-2H3,(H,17,20);. The molecule has 0 unspecified atom stereocenters. The fourth-order valence-electron chi connectivity index (χ4n) is 2.23. The number of carbonyl (C=O) groups excluding carboxylic acids is 1. The van der Waals surface area contributed by atoms with Crippen molar-refractivity contribution in [1.82, 2.24) is 15.2 Å². The molecule has 0 saturated carbocycles. The first-order valence-electron chi connectivity index (χ1n) is 7.31. The van der Waals surface area contributed by atoms with Crippen LogP contribution in [0.25, 0.3) is 10.9 Å². The van der Waals surface area contributed by atoms with E-state index in [1.165, 1.54) is 3.12 Å². The van der Waals surface area contributed by atoms with Crippen LogP contribution in [-0.2, 0) is 0 Å². The van der Waals surface area contributed by atoms with Crippen molar-refractivity contribution < 1.29 is 4.79 Å². The van der Waals surface area contributed by atoms with Crippen molar-refractivity contribution in [3.8, 4) is 0 Å². The predicted octanol–water partition coefficient (Wildman–Crippen LogP) is 1.10. The van der Waals surface area contributed by atoms with Gasteiger partial charge in [0.15, 0.2) is 0 Å². The van der Waals surface area contributed by atoms with Crippen LogP contribution in [0.5, 0.6) is 0 Å². The van der Waals surface area contributed by atoms with E-state index in [0.717, 1.165) is 56.3 Å². The molecule has 5 heteroatoms. The van der Waals surface area contributed by atoms with Gasteiger partial charge in [-0.1, -0.05) is 13.8 Å². The minimum absolute atomic E-state index is 0.0964. The molecule has 0 bridgehead atoms. The SMILES string of the molecule is CCN(CC)CCNC(=O)c1ccc2c[c]([Tl])ccc2n1. The molecule has 1 aromatic carbocycles. The molecular weight excluding hydrogens is 455 g/mol. The molecule has 2 aromatic rings. The van der Waals surface area contributed by atoms with E-state index < -0.39 is 0 Å². The van der Waals surface area contributed by atoms with E-state index in [1.807, 2.05) is 12.1 Å². The van der Waals surface area contributed by atoms with Gasteiger partial charge in [-0.2, -0.15) is 0 Å². The first-order valence-corrected chi connectivity index (χ1v) is 9.55. The number of carbonyl (C=O) groups is 1. The molecule has 21 heavy (non-hydrogen) atoms. The van der Waals surface area contributed by atoms with Gasteiger partial charge in [-0.15, -0.1) is 0 Å². The number of nitrogens with zero attached hydrogens (tertiary/aromatic N) is 2. The molecule has 1 heterocycles. The Bertz CT molecular complexity index is 626. The van der Waals surface area contributed by atoms with Crippen LogP contribution in [0, 0.1) is 0 Å². The summed E-state index contributed by atoms with van der Waals surface area (Å²) in [5.41, 5.74) is 1.38. The second kappa shape index (κ2) is 7.84. The molecule has 4 nitrogen and oxygen atoms in total. The zero-order chi connectivity index (χ0) is 15.2. The van der Waals surface area contributed by atoms with Gasteiger partial charge in [-0.3, -0.25) is 0 Å². The number of rotatable bonds is 6. The number of hydrogen-bond acceptors (Lipinski definition) is 3. The Kier molecular flexibility index (Phi) is 6.10. The summed E-state index contributed by atoms with van der Waals surface area (Å²) in [7, 11) is 0. The summed E-state index contributed by atoms with van der Waals surface area (Å²) in [6, 6.07) is 10.0. The van der Waals surface area contributed by atoms with E-state index in [1.54, 1.807) is 6.07 Å². The van der Waals surface area contributed by atoms with Crippen LogP contribution < -0.4 is 8.44 Å². The van der Waals surface area contributed by atoms with Gasteiger partial charge in [0.25, 0.3) is 0 Å². The number of amides is 1. The predicted molar refractivity (Wildman–Crippen MR) is 87.3 cm³/mol. The molecule has 0 aliphatic carbocycles. The van der Waals surface area contributed by atoms with Crippen molar-refractivity contribution in [3.05, 3.63) is 36.0 Å². The molecule has 0 fully saturated rings. The van der Waals surface area contributed by atoms with Crippen LogP contribution in [0.15, 0.2) is 30.3 Å². The number of hydrogen-bond donors (Lipinski definition) is 1. The summed E-state index contributed by atoms with van der Waals surface area (Å²) in [5.74, 6) is -0.0964. The van der Waals surface area contributed by atoms with E-state index in [-0.39, 0.29) is 5.91 Å². The van der Waals surface area contributed by atoms with Crippen molar-refractivity contribution in [3.63, 3.8) is 0 Å². The van der Waals surface area contributed by atoms with Crippen LogP contribution >= 0.6 is 0 Å². The molecule has 0 radical (unpaired) electrons. The molecule has 1 amide bonds. The summed E-state index contributed by atoms with van der Waals surface area (Å²) < 4.78 is 1.36. The molecule has 108 valence electrons. The Balaban J connectivity index is 2.01. The van der Waals surface area contributed by atoms with Gasteiger partial charge in [0.2, 0.25) is 0 Å². The maximum atomic E-state index is 12.1. The van der Waals surface area contributed by atoms with Crippen molar-refractivity contribution >= 4 is 45.7 Å². The monoisotopic (exact) mass is 475 g/mol. The van der Waals surface area contributed by atoms with Crippen LogP contribution in [-0.4, -0.2) is 67.7 Å². The fourth-order valence-corrected chi connectivity index (χ4v) is 3.30. The third-order valence-corrected chi connectivity index (χ3v) is 4.95. The molecule has 1 N–H and O–H groups in total. The molecule has 0 saturated heterocycles. The Hall–Kier alpha value is -1.02. The van der Waals surface area contributed by atoms with Gasteiger partial charge in [-0.05, 0) is 0 Å². The van der Waals surface area contributed by atoms with Crippen LogP contribution in [0.3, 0.4) is 0 Å². The molecule has 0 spiro atoms. The average molecular weight is 475 g/mol. The summed E-state index contributed by atoms with van der Waals surface area (Å²) in [6.07, 6.45) is 0. The van der Waals surface area contributed by atoms with E-state index in [9.17, 15) is 4.79 Å². The third kappa shape index (κ3) is 4.47. The van der Waals surface area contributed by atoms with Gasteiger partial charge in [0.1, 0.15) is 0 Å². The molecule has 2 rings (SSSR count). The van der Waals surface area contributed by atoms with Crippen LogP contribution in [0.2, 0.25) is 0 Å². The molecule has 0 aliphatic heterocycles. The van der Waals surface area contributed by atoms with Gasteiger partial charge in [-0.25, -0.2) is 0 Å². The van der Waals surface area contributed by atoms with E-state index in [4.69, 9.17) is 0 Å². The average Bonchev–Trinajstić information content (AvgIpc) is 2.50. The van der Waals surface area contributed by atoms with Crippen molar-refractivity contribution in [2.45, 2.75) is 13.8 Å². The molecule has 0 atom stereocenters. The Morgan fingerprint density at radius 1 is 1.24 bits per heavy atom. The van der Waals surface area contributed by atoms with Crippen molar-refractivity contribution in [2.75, 3.05) is 26.2 Å². The number of pyridine rings is 1. The van der Waals surface area contributed by atoms with Crippen molar-refractivity contribution in [1.29, 1.82) is 0 Å². The zero-order valence-electron chi connectivity index (χ0n) is 12.6. The minimum atomic E-state index is -0.0964. The van der Waals surface area contributed by atoms with Gasteiger partial charge >= 0.3 is 128 Å². The van der Waals surface area contributed by atoms with Gasteiger partial charge in [0, 0.05) is 0 Å². The summed E-state index contributed by atoms with van der Waals surface area (Å²) in [5, 5.41) is 4.05. The fraction of sp³-hybridized carbons (Fsp3) is 0.375. The quantitative estimate of drug-likeness (QED) is 0.638. The summed E-state index contributed by atoms with van der Waals surface area (Å²) in [6.45, 7) is 7.79. The molecule has 1 aromatic heterocycles. The van der Waals surface area contributed by atoms with E-state index >= 15 is 0 Å². The van der Waals surface area contributed by atoms with Gasteiger partial charge < -0.3 is 0 Å². The Morgan fingerprint density at radius 3 is 2.71 bits per heavy atom. The Morgan fingerprint density at radius 2 is 2.00 bits per heavy atom. The summed E-state index contributed by atoms with van der Waals surface area (Å²) in [4.78, 5) is 18.9. The number of nitrogens with one attached hydrogen (secondary N) is 1. The second-order valence-corrected chi connectivity index (χ2v) is 7.52. The molecular formula is C16H20N3OTl. The molecule has 0 aliphatic rings.